The molecule has 1 unspecified atom stereocenters. The summed E-state index contributed by atoms with van der Waals surface area (Å²) in [5.74, 6) is 0.664. The van der Waals surface area contributed by atoms with Crippen LogP contribution in [0.25, 0.3) is 0 Å². The number of hydrogen-bond acceptors (Lipinski definition) is 2. The highest BCUT2D eigenvalue weighted by Crippen LogP contribution is 2.41. The van der Waals surface area contributed by atoms with E-state index in [0.29, 0.717) is 12.0 Å². The van der Waals surface area contributed by atoms with Crippen LogP contribution in [0, 0.1) is 0 Å². The van der Waals surface area contributed by atoms with Gasteiger partial charge >= 0.3 is 0 Å². The van der Waals surface area contributed by atoms with Gasteiger partial charge in [0.1, 0.15) is 0 Å². The Balaban J connectivity index is 1.53. The number of hydrogen-bond donors (Lipinski definition) is 1. The zero-order valence-electron chi connectivity index (χ0n) is 15.7. The number of rotatable bonds is 8. The smallest absolute Gasteiger partial charge is 0.0618 e. The van der Waals surface area contributed by atoms with Gasteiger partial charge in [-0.15, -0.1) is 0 Å². The normalized spacial score (nSPS) is 28.9. The molecule has 2 nitrogen and oxygen atoms in total. The summed E-state index contributed by atoms with van der Waals surface area (Å²) in [5, 5.41) is 0. The summed E-state index contributed by atoms with van der Waals surface area (Å²) < 4.78 is 7.21. The van der Waals surface area contributed by atoms with E-state index >= 15 is 0 Å². The number of unbranched alkanes of at least 4 members (excludes halogenated alkanes) is 3. The van der Waals surface area contributed by atoms with Gasteiger partial charge in [0.15, 0.2) is 0 Å². The Hall–Kier alpha value is -0.130. The number of benzene rings is 1. The highest BCUT2D eigenvalue weighted by atomic mass is 127. The SMILES string of the molecule is CCCCCCOC1CCc2cc([C@H]3CC[C@](N)(CI)C3)ccc2C1. The van der Waals surface area contributed by atoms with Crippen molar-refractivity contribution in [3.8, 4) is 0 Å². The standard InChI is InChI=1S/C22H34INO/c1-2-3-4-5-12-25-21-9-8-17-13-18(6-7-19(17)14-21)20-10-11-22(24,15-20)16-23/h6-7,13,20-21H,2-5,8-12,14-16,24H2,1H3/t20-,21?,22+/m0/s1. The summed E-state index contributed by atoms with van der Waals surface area (Å²) in [7, 11) is 0. The zero-order valence-corrected chi connectivity index (χ0v) is 17.9. The lowest BCUT2D eigenvalue weighted by Gasteiger charge is -2.26. The highest BCUT2D eigenvalue weighted by molar-refractivity contribution is 14.1. The second-order valence-corrected chi connectivity index (χ2v) is 9.02. The van der Waals surface area contributed by atoms with Gasteiger partial charge < -0.3 is 10.5 Å². The van der Waals surface area contributed by atoms with Crippen molar-refractivity contribution in [1.29, 1.82) is 0 Å². The van der Waals surface area contributed by atoms with E-state index in [1.54, 1.807) is 5.56 Å². The van der Waals surface area contributed by atoms with Crippen LogP contribution in [0.15, 0.2) is 18.2 Å². The van der Waals surface area contributed by atoms with E-state index in [1.807, 2.05) is 0 Å². The Labute approximate surface area is 167 Å². The first kappa shape index (κ1) is 19.6. The lowest BCUT2D eigenvalue weighted by atomic mass is 9.85. The van der Waals surface area contributed by atoms with Gasteiger partial charge in [0.25, 0.3) is 0 Å². The van der Waals surface area contributed by atoms with Crippen LogP contribution in [0.5, 0.6) is 0 Å². The van der Waals surface area contributed by atoms with Crippen LogP contribution in [0.1, 0.15) is 80.9 Å². The minimum absolute atomic E-state index is 0.0673. The molecule has 3 atom stereocenters. The average molecular weight is 455 g/mol. The fourth-order valence-electron chi connectivity index (χ4n) is 4.48. The summed E-state index contributed by atoms with van der Waals surface area (Å²) >= 11 is 2.45. The Morgan fingerprint density at radius 2 is 2.08 bits per heavy atom. The quantitative estimate of drug-likeness (QED) is 0.317. The minimum Gasteiger partial charge on any atom is -0.378 e. The largest absolute Gasteiger partial charge is 0.378 e. The Morgan fingerprint density at radius 1 is 1.20 bits per heavy atom. The van der Waals surface area contributed by atoms with Crippen LogP contribution in [0.3, 0.4) is 0 Å². The van der Waals surface area contributed by atoms with Crippen LogP contribution < -0.4 is 5.73 Å². The third-order valence-electron chi connectivity index (χ3n) is 6.15. The van der Waals surface area contributed by atoms with Crippen molar-refractivity contribution in [3.05, 3.63) is 34.9 Å². The predicted molar refractivity (Wildman–Crippen MR) is 115 cm³/mol. The predicted octanol–water partition coefficient (Wildman–Crippen LogP) is 5.54. The minimum atomic E-state index is 0.0673. The molecule has 1 saturated carbocycles. The third kappa shape index (κ3) is 5.20. The first-order valence-electron chi connectivity index (χ1n) is 10.2. The Bertz CT molecular complexity index is 561. The van der Waals surface area contributed by atoms with Crippen LogP contribution in [0.2, 0.25) is 0 Å². The summed E-state index contributed by atoms with van der Waals surface area (Å²) in [5.41, 5.74) is 11.2. The first-order valence-corrected chi connectivity index (χ1v) is 11.7. The summed E-state index contributed by atoms with van der Waals surface area (Å²) in [6, 6.07) is 7.22. The molecule has 1 aromatic carbocycles. The molecule has 3 heteroatoms. The van der Waals surface area contributed by atoms with Gasteiger partial charge in [-0.3, -0.25) is 0 Å². The van der Waals surface area contributed by atoms with Crippen LogP contribution in [-0.4, -0.2) is 22.7 Å². The number of nitrogens with two attached hydrogens (primary N) is 1. The number of fused-ring (bicyclic) bond motifs is 1. The molecule has 1 aromatic rings. The Morgan fingerprint density at radius 3 is 2.84 bits per heavy atom. The van der Waals surface area contributed by atoms with Crippen molar-refractivity contribution in [1.82, 2.24) is 0 Å². The van der Waals surface area contributed by atoms with E-state index in [-0.39, 0.29) is 5.54 Å². The molecule has 3 rings (SSSR count). The zero-order chi connectivity index (χ0) is 17.7. The second-order valence-electron chi connectivity index (χ2n) is 8.26. The molecular formula is C22H34INO. The maximum Gasteiger partial charge on any atom is 0.0618 e. The molecule has 0 radical (unpaired) electrons. The van der Waals surface area contributed by atoms with Crippen molar-refractivity contribution in [2.24, 2.45) is 5.73 Å². The molecule has 2 N–H and O–H groups in total. The lowest BCUT2D eigenvalue weighted by Crippen LogP contribution is -2.38. The van der Waals surface area contributed by atoms with Crippen molar-refractivity contribution < 1.29 is 4.74 Å². The molecular weight excluding hydrogens is 421 g/mol. The van der Waals surface area contributed by atoms with E-state index in [2.05, 4.69) is 47.7 Å². The van der Waals surface area contributed by atoms with Gasteiger partial charge in [-0.1, -0.05) is 67.0 Å². The van der Waals surface area contributed by atoms with Crippen LogP contribution >= 0.6 is 22.6 Å². The number of ether oxygens (including phenoxy) is 1. The fourth-order valence-corrected chi connectivity index (χ4v) is 5.17. The van der Waals surface area contributed by atoms with Crippen molar-refractivity contribution in [3.63, 3.8) is 0 Å². The molecule has 0 amide bonds. The number of halogens is 1. The van der Waals surface area contributed by atoms with Crippen molar-refractivity contribution in [2.75, 3.05) is 11.0 Å². The van der Waals surface area contributed by atoms with Crippen LogP contribution in [0.4, 0.5) is 0 Å². The fraction of sp³-hybridized carbons (Fsp3) is 0.727. The van der Waals surface area contributed by atoms with E-state index in [9.17, 15) is 0 Å². The first-order chi connectivity index (χ1) is 12.1. The molecule has 0 aromatic heterocycles. The number of aryl methyl sites for hydroxylation is 1. The average Bonchev–Trinajstić information content (AvgIpc) is 3.04. The molecule has 2 aliphatic rings. The van der Waals surface area contributed by atoms with E-state index in [4.69, 9.17) is 10.5 Å². The third-order valence-corrected chi connectivity index (χ3v) is 7.67. The summed E-state index contributed by atoms with van der Waals surface area (Å²) in [6.45, 7) is 3.20. The molecule has 1 fully saturated rings. The molecule has 0 aliphatic heterocycles. The van der Waals surface area contributed by atoms with Crippen molar-refractivity contribution in [2.45, 2.75) is 88.7 Å². The maximum atomic E-state index is 6.49. The van der Waals surface area contributed by atoms with E-state index < -0.39 is 0 Å². The molecule has 140 valence electrons. The van der Waals surface area contributed by atoms with Gasteiger partial charge in [-0.2, -0.15) is 0 Å². The summed E-state index contributed by atoms with van der Waals surface area (Å²) in [4.78, 5) is 0. The maximum absolute atomic E-state index is 6.49. The molecule has 2 aliphatic carbocycles. The summed E-state index contributed by atoms with van der Waals surface area (Å²) in [6.07, 6.45) is 12.6. The van der Waals surface area contributed by atoms with Gasteiger partial charge in [0.2, 0.25) is 0 Å². The molecule has 0 spiro atoms. The molecule has 0 heterocycles. The van der Waals surface area contributed by atoms with Gasteiger partial charge in [0.05, 0.1) is 6.10 Å². The molecule has 0 saturated heterocycles. The highest BCUT2D eigenvalue weighted by Gasteiger charge is 2.35. The van der Waals surface area contributed by atoms with E-state index in [0.717, 1.165) is 23.9 Å². The molecule has 0 bridgehead atoms. The van der Waals surface area contributed by atoms with Gasteiger partial charge in [0, 0.05) is 16.6 Å². The second kappa shape index (κ2) is 9.18. The monoisotopic (exact) mass is 455 g/mol. The topological polar surface area (TPSA) is 35.2 Å². The van der Waals surface area contributed by atoms with E-state index in [1.165, 1.54) is 62.5 Å². The van der Waals surface area contributed by atoms with Gasteiger partial charge in [-0.25, -0.2) is 0 Å². The van der Waals surface area contributed by atoms with Crippen molar-refractivity contribution >= 4 is 22.6 Å². The number of alkyl halides is 1. The van der Waals surface area contributed by atoms with Gasteiger partial charge in [-0.05, 0) is 67.6 Å². The lowest BCUT2D eigenvalue weighted by molar-refractivity contribution is 0.0417. The van der Waals surface area contributed by atoms with Crippen LogP contribution in [-0.2, 0) is 17.6 Å². The Kier molecular flexibility index (Phi) is 7.21. The molecule has 25 heavy (non-hydrogen) atoms.